The zero-order valence-electron chi connectivity index (χ0n) is 11.7. The fraction of sp³-hybridized carbons (Fsp3) is 0.571. The zero-order valence-corrected chi connectivity index (χ0v) is 14.1. The highest BCUT2D eigenvalue weighted by Crippen LogP contribution is 2.25. The third-order valence-corrected chi connectivity index (χ3v) is 4.59. The van der Waals surface area contributed by atoms with E-state index < -0.39 is 0 Å². The summed E-state index contributed by atoms with van der Waals surface area (Å²) in [6, 6.07) is 7.17. The maximum Gasteiger partial charge on any atom is 0.0377 e. The molecule has 0 radical (unpaired) electrons. The fourth-order valence-corrected chi connectivity index (χ4v) is 2.91. The van der Waals surface area contributed by atoms with Crippen molar-refractivity contribution >= 4 is 33.4 Å². The van der Waals surface area contributed by atoms with Gasteiger partial charge in [0.2, 0.25) is 0 Å². The molecule has 1 N–H and O–H groups in total. The summed E-state index contributed by atoms with van der Waals surface area (Å²) in [7, 11) is 4.14. The minimum Gasteiger partial charge on any atom is -0.372 e. The van der Waals surface area contributed by atoms with E-state index in [1.54, 1.807) is 0 Å². The SMILES string of the molecule is CNCc1ccc(N(C)C(C)CCSC)cc1Br. The Labute approximate surface area is 124 Å². The Morgan fingerprint density at radius 1 is 1.44 bits per heavy atom. The molecule has 1 aromatic rings. The number of hydrogen-bond donors (Lipinski definition) is 1. The van der Waals surface area contributed by atoms with Gasteiger partial charge in [-0.05, 0) is 50.1 Å². The first kappa shape index (κ1) is 15.9. The van der Waals surface area contributed by atoms with Crippen LogP contribution in [0.4, 0.5) is 5.69 Å². The van der Waals surface area contributed by atoms with E-state index in [0.717, 1.165) is 6.54 Å². The third-order valence-electron chi connectivity index (χ3n) is 3.21. The molecule has 0 aliphatic rings. The Kier molecular flexibility index (Phi) is 7.12. The maximum atomic E-state index is 3.65. The summed E-state index contributed by atoms with van der Waals surface area (Å²) in [4.78, 5) is 2.35. The molecule has 18 heavy (non-hydrogen) atoms. The molecule has 0 saturated carbocycles. The van der Waals surface area contributed by atoms with Crippen LogP contribution in [0, 0.1) is 0 Å². The molecule has 1 unspecified atom stereocenters. The van der Waals surface area contributed by atoms with Gasteiger partial charge in [0.1, 0.15) is 0 Å². The van der Waals surface area contributed by atoms with Crippen LogP contribution < -0.4 is 10.2 Å². The largest absolute Gasteiger partial charge is 0.372 e. The molecule has 1 atom stereocenters. The van der Waals surface area contributed by atoms with Crippen LogP contribution in [0.25, 0.3) is 0 Å². The summed E-state index contributed by atoms with van der Waals surface area (Å²) < 4.78 is 1.18. The Morgan fingerprint density at radius 3 is 2.72 bits per heavy atom. The van der Waals surface area contributed by atoms with Crippen molar-refractivity contribution in [2.75, 3.05) is 31.0 Å². The quantitative estimate of drug-likeness (QED) is 0.819. The van der Waals surface area contributed by atoms with Crippen LogP contribution >= 0.6 is 27.7 Å². The van der Waals surface area contributed by atoms with E-state index in [2.05, 4.69) is 64.6 Å². The molecular formula is C14H23BrN2S. The molecule has 0 aliphatic heterocycles. The summed E-state index contributed by atoms with van der Waals surface area (Å²) >= 11 is 5.56. The molecule has 0 aromatic heterocycles. The number of halogens is 1. The van der Waals surface area contributed by atoms with Gasteiger partial charge in [-0.2, -0.15) is 11.8 Å². The Bertz CT molecular complexity index is 371. The molecule has 1 rings (SSSR count). The molecule has 0 aliphatic carbocycles. The molecule has 0 amide bonds. The van der Waals surface area contributed by atoms with Gasteiger partial charge in [0.25, 0.3) is 0 Å². The van der Waals surface area contributed by atoms with Crippen molar-refractivity contribution in [2.45, 2.75) is 25.9 Å². The zero-order chi connectivity index (χ0) is 13.5. The van der Waals surface area contributed by atoms with Gasteiger partial charge in [-0.25, -0.2) is 0 Å². The Hall–Kier alpha value is -0.190. The second-order valence-electron chi connectivity index (χ2n) is 4.55. The van der Waals surface area contributed by atoms with Crippen LogP contribution in [-0.2, 0) is 6.54 Å². The normalized spacial score (nSPS) is 12.5. The van der Waals surface area contributed by atoms with Gasteiger partial charge in [-0.3, -0.25) is 0 Å². The summed E-state index contributed by atoms with van der Waals surface area (Å²) in [5.41, 5.74) is 2.57. The van der Waals surface area contributed by atoms with Crippen molar-refractivity contribution in [3.05, 3.63) is 28.2 Å². The van der Waals surface area contributed by atoms with E-state index >= 15 is 0 Å². The van der Waals surface area contributed by atoms with E-state index in [4.69, 9.17) is 0 Å². The van der Waals surface area contributed by atoms with Gasteiger partial charge in [0, 0.05) is 29.8 Å². The highest BCUT2D eigenvalue weighted by molar-refractivity contribution is 9.10. The van der Waals surface area contributed by atoms with Crippen molar-refractivity contribution in [2.24, 2.45) is 0 Å². The topological polar surface area (TPSA) is 15.3 Å². The lowest BCUT2D eigenvalue weighted by Crippen LogP contribution is -2.29. The fourth-order valence-electron chi connectivity index (χ4n) is 1.83. The van der Waals surface area contributed by atoms with Crippen molar-refractivity contribution < 1.29 is 0 Å². The van der Waals surface area contributed by atoms with E-state index in [1.807, 2.05) is 18.8 Å². The van der Waals surface area contributed by atoms with Gasteiger partial charge >= 0.3 is 0 Å². The lowest BCUT2D eigenvalue weighted by atomic mass is 10.1. The molecule has 0 saturated heterocycles. The summed E-state index contributed by atoms with van der Waals surface area (Å²) in [6.07, 6.45) is 3.38. The molecular weight excluding hydrogens is 308 g/mol. The average molecular weight is 331 g/mol. The van der Waals surface area contributed by atoms with Gasteiger partial charge in [-0.15, -0.1) is 0 Å². The number of nitrogens with zero attached hydrogens (tertiary/aromatic N) is 1. The van der Waals surface area contributed by atoms with Crippen molar-refractivity contribution in [1.29, 1.82) is 0 Å². The van der Waals surface area contributed by atoms with E-state index in [-0.39, 0.29) is 0 Å². The Morgan fingerprint density at radius 2 is 2.17 bits per heavy atom. The monoisotopic (exact) mass is 330 g/mol. The summed E-state index contributed by atoms with van der Waals surface area (Å²) in [5.74, 6) is 1.21. The van der Waals surface area contributed by atoms with E-state index in [9.17, 15) is 0 Å². The predicted molar refractivity (Wildman–Crippen MR) is 87.8 cm³/mol. The molecule has 102 valence electrons. The lowest BCUT2D eigenvalue weighted by Gasteiger charge is -2.27. The first-order valence-corrected chi connectivity index (χ1v) is 8.43. The van der Waals surface area contributed by atoms with Crippen LogP contribution in [0.3, 0.4) is 0 Å². The highest BCUT2D eigenvalue weighted by atomic mass is 79.9. The number of hydrogen-bond acceptors (Lipinski definition) is 3. The highest BCUT2D eigenvalue weighted by Gasteiger charge is 2.11. The van der Waals surface area contributed by atoms with Crippen molar-refractivity contribution in [3.63, 3.8) is 0 Å². The summed E-state index contributed by atoms with van der Waals surface area (Å²) in [6.45, 7) is 3.18. The molecule has 4 heteroatoms. The number of thioether (sulfide) groups is 1. The molecule has 0 bridgehead atoms. The van der Waals surface area contributed by atoms with Crippen LogP contribution in [0.2, 0.25) is 0 Å². The van der Waals surface area contributed by atoms with Crippen molar-refractivity contribution in [1.82, 2.24) is 5.32 Å². The van der Waals surface area contributed by atoms with Gasteiger partial charge in [0.05, 0.1) is 0 Å². The summed E-state index contributed by atoms with van der Waals surface area (Å²) in [5, 5.41) is 3.18. The average Bonchev–Trinajstić information content (AvgIpc) is 2.37. The molecule has 1 aromatic carbocycles. The molecule has 2 nitrogen and oxygen atoms in total. The molecule has 0 fully saturated rings. The number of benzene rings is 1. The smallest absolute Gasteiger partial charge is 0.0377 e. The maximum absolute atomic E-state index is 3.65. The number of anilines is 1. The van der Waals surface area contributed by atoms with Crippen LogP contribution in [-0.4, -0.2) is 32.1 Å². The number of nitrogens with one attached hydrogen (secondary N) is 1. The molecule has 0 spiro atoms. The van der Waals surface area contributed by atoms with E-state index in [1.165, 1.54) is 27.9 Å². The number of rotatable bonds is 7. The second kappa shape index (κ2) is 8.08. The van der Waals surface area contributed by atoms with E-state index in [0.29, 0.717) is 6.04 Å². The lowest BCUT2D eigenvalue weighted by molar-refractivity contribution is 0.669. The molecule has 0 heterocycles. The van der Waals surface area contributed by atoms with Gasteiger partial charge in [-0.1, -0.05) is 22.0 Å². The minimum absolute atomic E-state index is 0.569. The van der Waals surface area contributed by atoms with Gasteiger partial charge in [0.15, 0.2) is 0 Å². The van der Waals surface area contributed by atoms with Crippen LogP contribution in [0.5, 0.6) is 0 Å². The third kappa shape index (κ3) is 4.48. The van der Waals surface area contributed by atoms with Crippen LogP contribution in [0.1, 0.15) is 18.9 Å². The van der Waals surface area contributed by atoms with Crippen LogP contribution in [0.15, 0.2) is 22.7 Å². The second-order valence-corrected chi connectivity index (χ2v) is 6.39. The minimum atomic E-state index is 0.569. The van der Waals surface area contributed by atoms with Gasteiger partial charge < -0.3 is 10.2 Å². The predicted octanol–water partition coefficient (Wildman–Crippen LogP) is 3.75. The standard InChI is InChI=1S/C14H23BrN2S/c1-11(7-8-18-4)17(3)13-6-5-12(10-16-2)14(15)9-13/h5-6,9,11,16H,7-8,10H2,1-4H3. The Balaban J connectivity index is 2.74. The first-order valence-electron chi connectivity index (χ1n) is 6.25. The first-order chi connectivity index (χ1) is 8.60. The van der Waals surface area contributed by atoms with Crippen molar-refractivity contribution in [3.8, 4) is 0 Å².